The summed E-state index contributed by atoms with van der Waals surface area (Å²) in [6.07, 6.45) is -0.412. The number of methoxy groups -OCH3 is 1. The highest BCUT2D eigenvalue weighted by molar-refractivity contribution is 9.10. The van der Waals surface area contributed by atoms with Gasteiger partial charge in [0.1, 0.15) is 5.75 Å². The molecule has 2 heterocycles. The maximum atomic E-state index is 12.6. The summed E-state index contributed by atoms with van der Waals surface area (Å²) in [5, 5.41) is 2.95. The number of hydrogen-bond acceptors (Lipinski definition) is 4. The highest BCUT2D eigenvalue weighted by Crippen LogP contribution is 2.39. The number of para-hydroxylation sites is 1. The predicted molar refractivity (Wildman–Crippen MR) is 113 cm³/mol. The lowest BCUT2D eigenvalue weighted by Crippen LogP contribution is -2.51. The van der Waals surface area contributed by atoms with Crippen molar-refractivity contribution in [1.82, 2.24) is 5.32 Å². The zero-order valence-electron chi connectivity index (χ0n) is 16.0. The molecule has 2 aromatic rings. The van der Waals surface area contributed by atoms with Gasteiger partial charge in [-0.05, 0) is 46.6 Å². The molecular weight excluding hydrogens is 438 g/mol. The first-order valence-electron chi connectivity index (χ1n) is 9.29. The van der Waals surface area contributed by atoms with Crippen LogP contribution in [-0.2, 0) is 4.74 Å². The van der Waals surface area contributed by atoms with Crippen molar-refractivity contribution in [3.8, 4) is 5.75 Å². The van der Waals surface area contributed by atoms with Crippen LogP contribution in [0.4, 0.5) is 15.3 Å². The summed E-state index contributed by atoms with van der Waals surface area (Å²) in [7, 11) is 1.60. The number of benzene rings is 2. The molecule has 1 N–H and O–H groups in total. The first-order chi connectivity index (χ1) is 14.0. The largest absolute Gasteiger partial charge is 0.496 e. The lowest BCUT2D eigenvalue weighted by atomic mass is 9.81. The quantitative estimate of drug-likeness (QED) is 0.744. The number of rotatable bonds is 3. The molecule has 2 aliphatic rings. The molecule has 0 aromatic heterocycles. The zero-order valence-corrected chi connectivity index (χ0v) is 17.6. The molecule has 0 saturated heterocycles. The molecule has 2 aromatic carbocycles. The third-order valence-electron chi connectivity index (χ3n) is 5.13. The van der Waals surface area contributed by atoms with Gasteiger partial charge in [-0.15, -0.1) is 0 Å². The molecule has 2 atom stereocenters. The number of anilines is 1. The molecule has 2 aliphatic heterocycles. The average molecular weight is 458 g/mol. The van der Waals surface area contributed by atoms with Gasteiger partial charge in [0, 0.05) is 18.0 Å². The van der Waals surface area contributed by atoms with Crippen LogP contribution in [0.5, 0.6) is 5.75 Å². The van der Waals surface area contributed by atoms with Crippen molar-refractivity contribution in [3.05, 3.63) is 58.1 Å². The van der Waals surface area contributed by atoms with E-state index in [0.29, 0.717) is 23.7 Å². The van der Waals surface area contributed by atoms with Gasteiger partial charge in [-0.2, -0.15) is 4.99 Å². The maximum Gasteiger partial charge on any atom is 0.414 e. The summed E-state index contributed by atoms with van der Waals surface area (Å²) in [5.41, 5.74) is 3.04. The Bertz CT molecular complexity index is 1010. The van der Waals surface area contributed by atoms with E-state index in [2.05, 4.69) is 26.2 Å². The van der Waals surface area contributed by atoms with Gasteiger partial charge >= 0.3 is 12.1 Å². The topological polar surface area (TPSA) is 80.2 Å². The molecule has 8 heteroatoms. The summed E-state index contributed by atoms with van der Waals surface area (Å²) >= 11 is 3.51. The number of ether oxygens (including phenoxy) is 2. The van der Waals surface area contributed by atoms with E-state index in [0.717, 1.165) is 15.6 Å². The van der Waals surface area contributed by atoms with E-state index in [9.17, 15) is 9.59 Å². The minimum atomic E-state index is -0.412. The number of nitrogens with zero attached hydrogens (tertiary/aromatic N) is 2. The fourth-order valence-corrected chi connectivity index (χ4v) is 4.41. The zero-order chi connectivity index (χ0) is 20.5. The molecule has 0 fully saturated rings. The number of urea groups is 1. The Morgan fingerprint density at radius 2 is 2.10 bits per heavy atom. The molecule has 0 spiro atoms. The van der Waals surface area contributed by atoms with Crippen LogP contribution in [0.25, 0.3) is 0 Å². The molecule has 0 radical (unpaired) electrons. The van der Waals surface area contributed by atoms with Gasteiger partial charge in [0.15, 0.2) is 0 Å². The highest BCUT2D eigenvalue weighted by atomic mass is 79.9. The Morgan fingerprint density at radius 3 is 2.83 bits per heavy atom. The van der Waals surface area contributed by atoms with Crippen molar-refractivity contribution in [2.75, 3.05) is 25.2 Å². The van der Waals surface area contributed by atoms with Gasteiger partial charge in [0.2, 0.25) is 0 Å². The van der Waals surface area contributed by atoms with Crippen molar-refractivity contribution in [1.29, 1.82) is 0 Å². The molecule has 4 rings (SSSR count). The number of fused-ring (bicyclic) bond motifs is 3. The summed E-state index contributed by atoms with van der Waals surface area (Å²) < 4.78 is 11.4. The fraction of sp³-hybridized carbons (Fsp3) is 0.286. The Labute approximate surface area is 176 Å². The number of hydrogen-bond donors (Lipinski definition) is 1. The number of carbonyl (C=O) groups is 2. The Hall–Kier alpha value is -2.87. The maximum absolute atomic E-state index is 12.6. The Morgan fingerprint density at radius 1 is 1.31 bits per heavy atom. The molecule has 3 amide bonds. The summed E-state index contributed by atoms with van der Waals surface area (Å²) in [5.74, 6) is 0.485. The van der Waals surface area contributed by atoms with Crippen LogP contribution in [-0.4, -0.2) is 38.1 Å². The van der Waals surface area contributed by atoms with Gasteiger partial charge < -0.3 is 14.8 Å². The van der Waals surface area contributed by atoms with E-state index < -0.39 is 12.1 Å². The smallest absolute Gasteiger partial charge is 0.414 e. The highest BCUT2D eigenvalue weighted by Gasteiger charge is 2.42. The van der Waals surface area contributed by atoms with Crippen LogP contribution in [0.1, 0.15) is 24.1 Å². The van der Waals surface area contributed by atoms with Crippen molar-refractivity contribution in [3.63, 3.8) is 0 Å². The van der Waals surface area contributed by atoms with E-state index in [1.807, 2.05) is 42.5 Å². The summed E-state index contributed by atoms with van der Waals surface area (Å²) in [6, 6.07) is 12.4. The molecule has 0 aliphatic carbocycles. The molecule has 29 heavy (non-hydrogen) atoms. The molecule has 7 nitrogen and oxygen atoms in total. The van der Waals surface area contributed by atoms with E-state index in [4.69, 9.17) is 9.47 Å². The average Bonchev–Trinajstić information content (AvgIpc) is 2.73. The summed E-state index contributed by atoms with van der Waals surface area (Å²) in [4.78, 5) is 30.9. The molecule has 0 bridgehead atoms. The Kier molecular flexibility index (Phi) is 5.27. The van der Waals surface area contributed by atoms with Gasteiger partial charge in [0.05, 0.1) is 35.6 Å². The second-order valence-corrected chi connectivity index (χ2v) is 7.61. The SMILES string of the molecule is CCOC(=O)N1CC2C(=NC(=O)NC2c2ccc(OC)c(Br)c2)c2ccccc21. The van der Waals surface area contributed by atoms with Crippen LogP contribution in [0.2, 0.25) is 0 Å². The second kappa shape index (κ2) is 7.87. The fourth-order valence-electron chi connectivity index (χ4n) is 3.85. The number of aliphatic imine (C=N–C) groups is 1. The lowest BCUT2D eigenvalue weighted by molar-refractivity contribution is 0.158. The molecular formula is C21H20BrN3O4. The van der Waals surface area contributed by atoms with Crippen molar-refractivity contribution >= 4 is 39.5 Å². The number of carbonyl (C=O) groups excluding carboxylic acids is 2. The van der Waals surface area contributed by atoms with E-state index in [1.165, 1.54) is 0 Å². The third-order valence-corrected chi connectivity index (χ3v) is 5.75. The summed E-state index contributed by atoms with van der Waals surface area (Å²) in [6.45, 7) is 2.41. The number of amides is 3. The third kappa shape index (κ3) is 3.48. The van der Waals surface area contributed by atoms with Gasteiger partial charge in [-0.1, -0.05) is 24.3 Å². The molecule has 150 valence electrons. The lowest BCUT2D eigenvalue weighted by Gasteiger charge is -2.40. The van der Waals surface area contributed by atoms with Gasteiger partial charge in [-0.25, -0.2) is 9.59 Å². The van der Waals surface area contributed by atoms with Gasteiger partial charge in [-0.3, -0.25) is 4.90 Å². The van der Waals surface area contributed by atoms with E-state index in [-0.39, 0.29) is 18.6 Å². The van der Waals surface area contributed by atoms with Crippen molar-refractivity contribution in [2.45, 2.75) is 13.0 Å². The first kappa shape index (κ1) is 19.4. The normalized spacial score (nSPS) is 20.2. The van der Waals surface area contributed by atoms with Crippen LogP contribution >= 0.6 is 15.9 Å². The first-order valence-corrected chi connectivity index (χ1v) is 10.1. The van der Waals surface area contributed by atoms with Gasteiger partial charge in [0.25, 0.3) is 0 Å². The monoisotopic (exact) mass is 457 g/mol. The Balaban J connectivity index is 1.80. The van der Waals surface area contributed by atoms with Crippen LogP contribution in [0.15, 0.2) is 51.9 Å². The van der Waals surface area contributed by atoms with E-state index >= 15 is 0 Å². The standard InChI is InChI=1S/C21H20BrN3O4/c1-3-29-21(27)25-11-14-18(12-8-9-17(28-2)15(22)10-12)23-20(26)24-19(14)13-6-4-5-7-16(13)25/h4-10,14,18H,3,11H2,1-2H3,(H,23,26). The van der Waals surface area contributed by atoms with Crippen LogP contribution in [0, 0.1) is 5.92 Å². The van der Waals surface area contributed by atoms with Crippen LogP contribution in [0.3, 0.4) is 0 Å². The van der Waals surface area contributed by atoms with E-state index in [1.54, 1.807) is 18.9 Å². The second-order valence-electron chi connectivity index (χ2n) is 6.75. The molecule has 0 saturated carbocycles. The van der Waals surface area contributed by atoms with Crippen molar-refractivity contribution < 1.29 is 19.1 Å². The minimum absolute atomic E-state index is 0.215. The van der Waals surface area contributed by atoms with Crippen molar-refractivity contribution in [2.24, 2.45) is 10.9 Å². The number of halogens is 1. The van der Waals surface area contributed by atoms with Crippen LogP contribution < -0.4 is 15.0 Å². The number of nitrogens with one attached hydrogen (secondary N) is 1. The molecule has 2 unspecified atom stereocenters. The minimum Gasteiger partial charge on any atom is -0.496 e. The predicted octanol–water partition coefficient (Wildman–Crippen LogP) is 4.30.